The van der Waals surface area contributed by atoms with Crippen molar-refractivity contribution in [3.8, 4) is 0 Å². The Labute approximate surface area is 130 Å². The van der Waals surface area contributed by atoms with Gasteiger partial charge in [0.05, 0.1) is 12.7 Å². The summed E-state index contributed by atoms with van der Waals surface area (Å²) in [6, 6.07) is 1.36. The number of rotatable bonds is 7. The van der Waals surface area contributed by atoms with E-state index in [1.807, 2.05) is 0 Å². The highest BCUT2D eigenvalue weighted by Gasteiger charge is 2.30. The quantitative estimate of drug-likeness (QED) is 0.771. The van der Waals surface area contributed by atoms with Gasteiger partial charge < -0.3 is 10.1 Å². The minimum absolute atomic E-state index is 0.404. The molecular weight excluding hydrogens is 262 g/mol. The van der Waals surface area contributed by atoms with Gasteiger partial charge in [0.25, 0.3) is 0 Å². The Morgan fingerprint density at radius 2 is 2.05 bits per heavy atom. The SMILES string of the molecule is CC(C)N1CCOC(CN(CC2CC2)CC2CCCN2)C1. The summed E-state index contributed by atoms with van der Waals surface area (Å²) < 4.78 is 6.05. The number of hydrogen-bond donors (Lipinski definition) is 1. The molecule has 21 heavy (non-hydrogen) atoms. The van der Waals surface area contributed by atoms with E-state index in [0.717, 1.165) is 32.2 Å². The van der Waals surface area contributed by atoms with E-state index in [2.05, 4.69) is 29.0 Å². The number of nitrogens with zero attached hydrogens (tertiary/aromatic N) is 2. The van der Waals surface area contributed by atoms with Gasteiger partial charge in [0.1, 0.15) is 0 Å². The Morgan fingerprint density at radius 3 is 2.71 bits per heavy atom. The molecule has 3 rings (SSSR count). The highest BCUT2D eigenvalue weighted by Crippen LogP contribution is 2.30. The van der Waals surface area contributed by atoms with Gasteiger partial charge in [0, 0.05) is 44.8 Å². The zero-order valence-electron chi connectivity index (χ0n) is 13.9. The van der Waals surface area contributed by atoms with Crippen LogP contribution in [0.1, 0.15) is 39.5 Å². The predicted molar refractivity (Wildman–Crippen MR) is 86.6 cm³/mol. The maximum Gasteiger partial charge on any atom is 0.0829 e. The van der Waals surface area contributed by atoms with Gasteiger partial charge >= 0.3 is 0 Å². The van der Waals surface area contributed by atoms with Crippen LogP contribution in [0.3, 0.4) is 0 Å². The van der Waals surface area contributed by atoms with Gasteiger partial charge in [-0.05, 0) is 52.0 Å². The summed E-state index contributed by atoms with van der Waals surface area (Å²) in [6.45, 7) is 12.6. The molecule has 4 nitrogen and oxygen atoms in total. The zero-order chi connectivity index (χ0) is 14.7. The average Bonchev–Trinajstić information content (AvgIpc) is 3.12. The fourth-order valence-corrected chi connectivity index (χ4v) is 3.72. The largest absolute Gasteiger partial charge is 0.374 e. The first-order valence-electron chi connectivity index (χ1n) is 9.02. The normalized spacial score (nSPS) is 31.4. The molecule has 3 aliphatic rings. The van der Waals surface area contributed by atoms with Gasteiger partial charge in [0.15, 0.2) is 0 Å². The lowest BCUT2D eigenvalue weighted by Crippen LogP contribution is -2.51. The fraction of sp³-hybridized carbons (Fsp3) is 1.00. The maximum absolute atomic E-state index is 6.05. The van der Waals surface area contributed by atoms with Crippen LogP contribution in [0.15, 0.2) is 0 Å². The van der Waals surface area contributed by atoms with Crippen LogP contribution in [-0.2, 0) is 4.74 Å². The van der Waals surface area contributed by atoms with Crippen LogP contribution >= 0.6 is 0 Å². The second-order valence-corrected chi connectivity index (χ2v) is 7.54. The maximum atomic E-state index is 6.05. The molecule has 2 heterocycles. The molecule has 122 valence electrons. The number of morpholine rings is 1. The number of nitrogens with one attached hydrogen (secondary N) is 1. The molecule has 0 aromatic rings. The van der Waals surface area contributed by atoms with Crippen molar-refractivity contribution in [2.75, 3.05) is 45.9 Å². The average molecular weight is 295 g/mol. The van der Waals surface area contributed by atoms with Crippen molar-refractivity contribution in [1.82, 2.24) is 15.1 Å². The lowest BCUT2D eigenvalue weighted by molar-refractivity contribution is -0.0532. The molecule has 2 aliphatic heterocycles. The molecule has 1 saturated carbocycles. The van der Waals surface area contributed by atoms with Gasteiger partial charge in [-0.25, -0.2) is 0 Å². The van der Waals surface area contributed by atoms with Crippen molar-refractivity contribution in [1.29, 1.82) is 0 Å². The molecule has 0 radical (unpaired) electrons. The van der Waals surface area contributed by atoms with E-state index in [-0.39, 0.29) is 0 Å². The highest BCUT2D eigenvalue weighted by atomic mass is 16.5. The van der Waals surface area contributed by atoms with Crippen molar-refractivity contribution in [2.24, 2.45) is 5.92 Å². The van der Waals surface area contributed by atoms with Crippen molar-refractivity contribution >= 4 is 0 Å². The molecule has 0 aromatic carbocycles. The van der Waals surface area contributed by atoms with Crippen LogP contribution in [0.4, 0.5) is 0 Å². The third kappa shape index (κ3) is 4.92. The van der Waals surface area contributed by atoms with Gasteiger partial charge in [-0.15, -0.1) is 0 Å². The molecule has 2 unspecified atom stereocenters. The number of hydrogen-bond acceptors (Lipinski definition) is 4. The predicted octanol–water partition coefficient (Wildman–Crippen LogP) is 1.56. The fourth-order valence-electron chi connectivity index (χ4n) is 3.72. The van der Waals surface area contributed by atoms with Crippen molar-refractivity contribution in [3.63, 3.8) is 0 Å². The first-order valence-corrected chi connectivity index (χ1v) is 9.02. The lowest BCUT2D eigenvalue weighted by atomic mass is 10.1. The molecule has 0 aromatic heterocycles. The summed E-state index contributed by atoms with van der Waals surface area (Å²) >= 11 is 0. The summed E-state index contributed by atoms with van der Waals surface area (Å²) in [5, 5.41) is 3.65. The van der Waals surface area contributed by atoms with Crippen LogP contribution in [0.25, 0.3) is 0 Å². The minimum Gasteiger partial charge on any atom is -0.374 e. The molecule has 2 atom stereocenters. The van der Waals surface area contributed by atoms with Crippen LogP contribution in [0.5, 0.6) is 0 Å². The minimum atomic E-state index is 0.404. The topological polar surface area (TPSA) is 27.7 Å². The monoisotopic (exact) mass is 295 g/mol. The van der Waals surface area contributed by atoms with Gasteiger partial charge in [-0.3, -0.25) is 9.80 Å². The Kier molecular flexibility index (Phi) is 5.54. The van der Waals surface area contributed by atoms with Gasteiger partial charge in [-0.2, -0.15) is 0 Å². The van der Waals surface area contributed by atoms with E-state index >= 15 is 0 Å². The number of ether oxygens (including phenoxy) is 1. The van der Waals surface area contributed by atoms with E-state index in [1.165, 1.54) is 45.3 Å². The van der Waals surface area contributed by atoms with E-state index in [0.29, 0.717) is 18.2 Å². The van der Waals surface area contributed by atoms with E-state index in [4.69, 9.17) is 4.74 Å². The van der Waals surface area contributed by atoms with Crippen LogP contribution in [0.2, 0.25) is 0 Å². The van der Waals surface area contributed by atoms with E-state index in [1.54, 1.807) is 0 Å². The van der Waals surface area contributed by atoms with Gasteiger partial charge in [-0.1, -0.05) is 0 Å². The summed E-state index contributed by atoms with van der Waals surface area (Å²) in [6.07, 6.45) is 5.99. The molecule has 2 saturated heterocycles. The third-order valence-electron chi connectivity index (χ3n) is 5.22. The molecule has 0 amide bonds. The third-order valence-corrected chi connectivity index (χ3v) is 5.22. The highest BCUT2D eigenvalue weighted by molar-refractivity contribution is 4.85. The van der Waals surface area contributed by atoms with Crippen molar-refractivity contribution < 1.29 is 4.74 Å². The second-order valence-electron chi connectivity index (χ2n) is 7.54. The molecular formula is C17H33N3O. The summed E-state index contributed by atoms with van der Waals surface area (Å²) in [5.74, 6) is 0.969. The van der Waals surface area contributed by atoms with Crippen molar-refractivity contribution in [2.45, 2.75) is 57.7 Å². The van der Waals surface area contributed by atoms with Crippen molar-refractivity contribution in [3.05, 3.63) is 0 Å². The molecule has 0 spiro atoms. The van der Waals surface area contributed by atoms with Crippen LogP contribution in [-0.4, -0.2) is 73.9 Å². The van der Waals surface area contributed by atoms with E-state index < -0.39 is 0 Å². The Morgan fingerprint density at radius 1 is 1.19 bits per heavy atom. The second kappa shape index (κ2) is 7.40. The molecule has 0 bridgehead atoms. The Bertz CT molecular complexity index is 313. The summed E-state index contributed by atoms with van der Waals surface area (Å²) in [7, 11) is 0. The molecule has 4 heteroatoms. The standard InChI is InChI=1S/C17H33N3O/c1-14(2)20-8-9-21-17(13-20)12-19(10-15-5-6-15)11-16-4-3-7-18-16/h14-18H,3-13H2,1-2H3. The summed E-state index contributed by atoms with van der Waals surface area (Å²) in [4.78, 5) is 5.26. The Hall–Kier alpha value is -0.160. The molecule has 1 aliphatic carbocycles. The van der Waals surface area contributed by atoms with Crippen LogP contribution < -0.4 is 5.32 Å². The molecule has 3 fully saturated rings. The first kappa shape index (κ1) is 15.7. The van der Waals surface area contributed by atoms with E-state index in [9.17, 15) is 0 Å². The van der Waals surface area contributed by atoms with Crippen LogP contribution in [0, 0.1) is 5.92 Å². The smallest absolute Gasteiger partial charge is 0.0829 e. The lowest BCUT2D eigenvalue weighted by Gasteiger charge is -2.38. The summed E-state index contributed by atoms with van der Waals surface area (Å²) in [5.41, 5.74) is 0. The first-order chi connectivity index (χ1) is 10.2. The zero-order valence-corrected chi connectivity index (χ0v) is 13.9. The van der Waals surface area contributed by atoms with Gasteiger partial charge in [0.2, 0.25) is 0 Å². The molecule has 1 N–H and O–H groups in total. The Balaban J connectivity index is 1.49.